The van der Waals surface area contributed by atoms with Crippen LogP contribution in [0.1, 0.15) is 24.0 Å². The van der Waals surface area contributed by atoms with Gasteiger partial charge in [0, 0.05) is 19.2 Å². The number of aryl methyl sites for hydroxylation is 1. The molecule has 4 nitrogen and oxygen atoms in total. The van der Waals surface area contributed by atoms with Crippen LogP contribution in [0.5, 0.6) is 0 Å². The number of rotatable bonds is 6. The van der Waals surface area contributed by atoms with E-state index in [0.717, 1.165) is 18.4 Å². The van der Waals surface area contributed by atoms with Crippen LogP contribution >= 0.6 is 0 Å². The van der Waals surface area contributed by atoms with Gasteiger partial charge in [-0.05, 0) is 30.0 Å². The van der Waals surface area contributed by atoms with Crippen molar-refractivity contribution >= 4 is 11.7 Å². The van der Waals surface area contributed by atoms with E-state index in [2.05, 4.69) is 22.4 Å². The number of nitrogens with zero attached hydrogens (tertiary/aromatic N) is 1. The molecule has 0 atom stereocenters. The van der Waals surface area contributed by atoms with Gasteiger partial charge < -0.3 is 11.1 Å². The molecule has 2 rings (SSSR count). The molecule has 3 N–H and O–H groups in total. The zero-order chi connectivity index (χ0) is 14.2. The van der Waals surface area contributed by atoms with E-state index in [-0.39, 0.29) is 5.91 Å². The van der Waals surface area contributed by atoms with Gasteiger partial charge >= 0.3 is 0 Å². The van der Waals surface area contributed by atoms with Gasteiger partial charge in [0.2, 0.25) is 5.91 Å². The van der Waals surface area contributed by atoms with Gasteiger partial charge in [-0.3, -0.25) is 4.79 Å². The molecule has 0 bridgehead atoms. The van der Waals surface area contributed by atoms with Crippen LogP contribution in [0.25, 0.3) is 0 Å². The molecule has 1 heterocycles. The number of nitrogens with two attached hydrogens (primary N) is 1. The van der Waals surface area contributed by atoms with E-state index in [4.69, 9.17) is 5.73 Å². The molecule has 1 amide bonds. The number of benzene rings is 1. The average molecular weight is 269 g/mol. The van der Waals surface area contributed by atoms with E-state index in [9.17, 15) is 4.79 Å². The molecule has 1 aromatic heterocycles. The number of hydrogen-bond donors (Lipinski definition) is 2. The van der Waals surface area contributed by atoms with E-state index >= 15 is 0 Å². The Hall–Kier alpha value is -2.20. The smallest absolute Gasteiger partial charge is 0.225 e. The number of anilines is 1. The van der Waals surface area contributed by atoms with E-state index in [1.54, 1.807) is 12.3 Å². The average Bonchev–Trinajstić information content (AvgIpc) is 2.49. The van der Waals surface area contributed by atoms with Gasteiger partial charge in [0.15, 0.2) is 0 Å². The Balaban J connectivity index is 1.74. The highest BCUT2D eigenvalue weighted by Crippen LogP contribution is 2.08. The van der Waals surface area contributed by atoms with Crippen LogP contribution < -0.4 is 11.1 Å². The molecule has 0 aliphatic rings. The Morgan fingerprint density at radius 3 is 2.55 bits per heavy atom. The van der Waals surface area contributed by atoms with Crippen molar-refractivity contribution in [2.24, 2.45) is 5.73 Å². The van der Waals surface area contributed by atoms with Crippen molar-refractivity contribution in [3.05, 3.63) is 59.8 Å². The van der Waals surface area contributed by atoms with E-state index in [1.807, 2.05) is 24.3 Å². The molecule has 0 fully saturated rings. The fraction of sp³-hybridized carbons (Fsp3) is 0.250. The second kappa shape index (κ2) is 7.40. The quantitative estimate of drug-likeness (QED) is 0.846. The largest absolute Gasteiger partial charge is 0.326 e. The number of carbonyl (C=O) groups is 1. The third-order valence-corrected chi connectivity index (χ3v) is 3.04. The summed E-state index contributed by atoms with van der Waals surface area (Å²) in [6.07, 6.45) is 3.92. The molecule has 0 aliphatic heterocycles. The van der Waals surface area contributed by atoms with Crippen LogP contribution in [-0.2, 0) is 17.8 Å². The first-order valence-corrected chi connectivity index (χ1v) is 6.76. The van der Waals surface area contributed by atoms with Gasteiger partial charge in [-0.25, -0.2) is 4.98 Å². The van der Waals surface area contributed by atoms with E-state index in [1.165, 1.54) is 5.56 Å². The predicted octanol–water partition coefficient (Wildman–Crippen LogP) is 2.50. The highest BCUT2D eigenvalue weighted by Gasteiger charge is 2.03. The highest BCUT2D eigenvalue weighted by molar-refractivity contribution is 5.89. The molecular weight excluding hydrogens is 250 g/mol. The van der Waals surface area contributed by atoms with Crippen LogP contribution in [0.3, 0.4) is 0 Å². The van der Waals surface area contributed by atoms with Gasteiger partial charge in [0.1, 0.15) is 5.82 Å². The molecule has 1 aromatic carbocycles. The summed E-state index contributed by atoms with van der Waals surface area (Å²) in [6.45, 7) is 0.457. The maximum absolute atomic E-state index is 11.8. The lowest BCUT2D eigenvalue weighted by Gasteiger charge is -2.05. The highest BCUT2D eigenvalue weighted by atomic mass is 16.1. The number of hydrogen-bond acceptors (Lipinski definition) is 3. The van der Waals surface area contributed by atoms with Crippen LogP contribution in [0, 0.1) is 0 Å². The Kier molecular flexibility index (Phi) is 5.26. The van der Waals surface area contributed by atoms with Crippen molar-refractivity contribution in [2.75, 3.05) is 5.32 Å². The fourth-order valence-electron chi connectivity index (χ4n) is 1.92. The minimum atomic E-state index is -0.00562. The molecule has 2 aromatic rings. The van der Waals surface area contributed by atoms with Crippen LogP contribution in [-0.4, -0.2) is 10.9 Å². The van der Waals surface area contributed by atoms with Gasteiger partial charge in [0.25, 0.3) is 0 Å². The van der Waals surface area contributed by atoms with Crippen LogP contribution in [0.4, 0.5) is 5.82 Å². The fourth-order valence-corrected chi connectivity index (χ4v) is 1.92. The number of pyridine rings is 1. The predicted molar refractivity (Wildman–Crippen MR) is 80.1 cm³/mol. The molecule has 104 valence electrons. The minimum absolute atomic E-state index is 0.00562. The van der Waals surface area contributed by atoms with Crippen molar-refractivity contribution in [3.63, 3.8) is 0 Å². The van der Waals surface area contributed by atoms with Crippen molar-refractivity contribution in [2.45, 2.75) is 25.8 Å². The summed E-state index contributed by atoms with van der Waals surface area (Å²) in [7, 11) is 0. The lowest BCUT2D eigenvalue weighted by Crippen LogP contribution is -2.12. The number of aromatic nitrogens is 1. The van der Waals surface area contributed by atoms with Gasteiger partial charge in [-0.15, -0.1) is 0 Å². The zero-order valence-corrected chi connectivity index (χ0v) is 11.4. The number of carbonyl (C=O) groups excluding carboxylic acids is 1. The summed E-state index contributed by atoms with van der Waals surface area (Å²) in [6, 6.07) is 13.8. The first-order valence-electron chi connectivity index (χ1n) is 6.76. The van der Waals surface area contributed by atoms with Gasteiger partial charge in [-0.2, -0.15) is 0 Å². The summed E-state index contributed by atoms with van der Waals surface area (Å²) >= 11 is 0. The van der Waals surface area contributed by atoms with Crippen LogP contribution in [0.15, 0.2) is 48.7 Å². The van der Waals surface area contributed by atoms with E-state index in [0.29, 0.717) is 18.8 Å². The summed E-state index contributed by atoms with van der Waals surface area (Å²) < 4.78 is 0. The molecule has 0 aliphatic carbocycles. The Bertz CT molecular complexity index is 537. The summed E-state index contributed by atoms with van der Waals surface area (Å²) in [5.74, 6) is 0.570. The summed E-state index contributed by atoms with van der Waals surface area (Å²) in [5, 5.41) is 2.79. The van der Waals surface area contributed by atoms with Crippen molar-refractivity contribution in [1.82, 2.24) is 4.98 Å². The standard InChI is InChI=1S/C16H19N3O/c17-11-14-9-10-15(18-12-14)19-16(20)8-4-7-13-5-2-1-3-6-13/h1-3,5-6,9-10,12H,4,7-8,11,17H2,(H,18,19,20). The molecule has 0 saturated carbocycles. The first kappa shape index (κ1) is 14.2. The maximum Gasteiger partial charge on any atom is 0.225 e. The molecule has 0 spiro atoms. The summed E-state index contributed by atoms with van der Waals surface area (Å²) in [5.41, 5.74) is 7.70. The van der Waals surface area contributed by atoms with E-state index < -0.39 is 0 Å². The van der Waals surface area contributed by atoms with Crippen molar-refractivity contribution < 1.29 is 4.79 Å². The Morgan fingerprint density at radius 1 is 1.10 bits per heavy atom. The molecule has 0 radical (unpaired) electrons. The molecule has 0 saturated heterocycles. The molecule has 20 heavy (non-hydrogen) atoms. The number of amides is 1. The normalized spacial score (nSPS) is 10.2. The van der Waals surface area contributed by atoms with Gasteiger partial charge in [0.05, 0.1) is 0 Å². The van der Waals surface area contributed by atoms with Gasteiger partial charge in [-0.1, -0.05) is 36.4 Å². The van der Waals surface area contributed by atoms with Crippen LogP contribution in [0.2, 0.25) is 0 Å². The minimum Gasteiger partial charge on any atom is -0.326 e. The lowest BCUT2D eigenvalue weighted by atomic mass is 10.1. The first-order chi connectivity index (χ1) is 9.78. The zero-order valence-electron chi connectivity index (χ0n) is 11.4. The molecule has 0 unspecified atom stereocenters. The Morgan fingerprint density at radius 2 is 1.90 bits per heavy atom. The Labute approximate surface area is 119 Å². The summed E-state index contributed by atoms with van der Waals surface area (Å²) in [4.78, 5) is 15.9. The van der Waals surface area contributed by atoms with Crippen molar-refractivity contribution in [1.29, 1.82) is 0 Å². The topological polar surface area (TPSA) is 68.0 Å². The third-order valence-electron chi connectivity index (χ3n) is 3.04. The second-order valence-corrected chi connectivity index (χ2v) is 4.64. The number of nitrogens with one attached hydrogen (secondary N) is 1. The maximum atomic E-state index is 11.8. The SMILES string of the molecule is NCc1ccc(NC(=O)CCCc2ccccc2)nc1. The molecule has 4 heteroatoms. The third kappa shape index (κ3) is 4.48. The second-order valence-electron chi connectivity index (χ2n) is 4.64. The van der Waals surface area contributed by atoms with Crippen molar-refractivity contribution in [3.8, 4) is 0 Å². The lowest BCUT2D eigenvalue weighted by molar-refractivity contribution is -0.116. The monoisotopic (exact) mass is 269 g/mol. The molecular formula is C16H19N3O.